The van der Waals surface area contributed by atoms with Gasteiger partial charge in [-0.05, 0) is 13.8 Å². The van der Waals surface area contributed by atoms with Gasteiger partial charge in [0, 0.05) is 23.0 Å². The minimum atomic E-state index is -0.970. The van der Waals surface area contributed by atoms with Crippen molar-refractivity contribution in [1.29, 1.82) is 0 Å². The summed E-state index contributed by atoms with van der Waals surface area (Å²) >= 11 is 0. The highest BCUT2D eigenvalue weighted by Gasteiger charge is 2.40. The number of benzene rings is 1. The van der Waals surface area contributed by atoms with Crippen LogP contribution in [0.25, 0.3) is 0 Å². The number of para-hydroxylation sites is 1. The molecule has 0 spiro atoms. The second-order valence-corrected chi connectivity index (χ2v) is 5.88. The van der Waals surface area contributed by atoms with Gasteiger partial charge in [-0.15, -0.1) is 0 Å². The van der Waals surface area contributed by atoms with Crippen molar-refractivity contribution in [2.45, 2.75) is 19.8 Å². The second kappa shape index (κ2) is 10.9. The van der Waals surface area contributed by atoms with E-state index in [2.05, 4.69) is 5.32 Å². The van der Waals surface area contributed by atoms with Crippen molar-refractivity contribution < 1.29 is 34.2 Å². The lowest BCUT2D eigenvalue weighted by atomic mass is 9.79. The third-order valence-electron chi connectivity index (χ3n) is 4.12. The number of carbonyl (C=O) groups is 2. The Morgan fingerprint density at radius 2 is 1.48 bits per heavy atom. The summed E-state index contributed by atoms with van der Waals surface area (Å²) in [5.74, 6) is -2.33. The average Bonchev–Trinajstić information content (AvgIpc) is 2.72. The molecule has 0 saturated heterocycles. The summed E-state index contributed by atoms with van der Waals surface area (Å²) < 4.78 is 9.66. The molecule has 10 nitrogen and oxygen atoms in total. The summed E-state index contributed by atoms with van der Waals surface area (Å²) in [6, 6.07) is 5.97. The Hall–Kier alpha value is -3.24. The van der Waals surface area contributed by atoms with Crippen LogP contribution in [0.5, 0.6) is 0 Å². The Balaban J connectivity index is 0.000000960. The zero-order valence-electron chi connectivity index (χ0n) is 16.6. The monoisotopic (exact) mass is 408 g/mol. The summed E-state index contributed by atoms with van der Waals surface area (Å²) in [7, 11) is 2.42. The molecule has 1 heterocycles. The van der Waals surface area contributed by atoms with Crippen molar-refractivity contribution in [3.8, 4) is 0 Å². The number of carbonyl (C=O) groups excluding carboxylic acids is 2. The largest absolute Gasteiger partial charge is 0.466 e. The number of nitrogens with one attached hydrogen (secondary N) is 1. The Bertz CT molecular complexity index is 804. The number of nitrogens with zero attached hydrogens (tertiary/aromatic N) is 1. The molecule has 0 aliphatic carbocycles. The number of methoxy groups -OCH3 is 2. The van der Waals surface area contributed by atoms with E-state index in [-0.39, 0.29) is 35.6 Å². The van der Waals surface area contributed by atoms with Crippen LogP contribution in [0.15, 0.2) is 46.8 Å². The fourth-order valence-corrected chi connectivity index (χ4v) is 2.96. The van der Waals surface area contributed by atoms with Crippen molar-refractivity contribution in [3.05, 3.63) is 62.5 Å². The first-order chi connectivity index (χ1) is 13.7. The lowest BCUT2D eigenvalue weighted by Gasteiger charge is -2.29. The summed E-state index contributed by atoms with van der Waals surface area (Å²) in [6.45, 7) is 3.04. The van der Waals surface area contributed by atoms with Gasteiger partial charge in [0.25, 0.3) is 5.69 Å². The predicted octanol–water partition coefficient (Wildman–Crippen LogP) is 1.15. The smallest absolute Gasteiger partial charge is 0.336 e. The molecule has 0 atom stereocenters. The van der Waals surface area contributed by atoms with Crippen LogP contribution in [0.3, 0.4) is 0 Å². The number of esters is 2. The van der Waals surface area contributed by atoms with E-state index < -0.39 is 22.8 Å². The van der Waals surface area contributed by atoms with E-state index in [0.717, 1.165) is 0 Å². The molecule has 0 aromatic heterocycles. The summed E-state index contributed by atoms with van der Waals surface area (Å²) in [4.78, 5) is 35.6. The van der Waals surface area contributed by atoms with Crippen molar-refractivity contribution in [2.24, 2.45) is 0 Å². The van der Waals surface area contributed by atoms with Crippen LogP contribution in [0.1, 0.15) is 25.3 Å². The zero-order chi connectivity index (χ0) is 22.1. The topological polar surface area (TPSA) is 148 Å². The Morgan fingerprint density at radius 3 is 1.86 bits per heavy atom. The molecule has 0 fully saturated rings. The van der Waals surface area contributed by atoms with E-state index in [1.54, 1.807) is 19.9 Å². The maximum Gasteiger partial charge on any atom is 0.336 e. The molecule has 10 heteroatoms. The number of hydrogen-bond donors (Lipinski definition) is 3. The van der Waals surface area contributed by atoms with Crippen LogP contribution in [-0.4, -0.2) is 54.5 Å². The van der Waals surface area contributed by atoms with Crippen LogP contribution >= 0.6 is 0 Å². The number of nitro groups is 1. The average molecular weight is 408 g/mol. The van der Waals surface area contributed by atoms with Gasteiger partial charge < -0.3 is 25.0 Å². The highest BCUT2D eigenvalue weighted by Crippen LogP contribution is 2.42. The van der Waals surface area contributed by atoms with Gasteiger partial charge in [0.1, 0.15) is 0 Å². The number of aliphatic hydroxyl groups excluding tert-OH is 2. The van der Waals surface area contributed by atoms with Crippen molar-refractivity contribution in [3.63, 3.8) is 0 Å². The van der Waals surface area contributed by atoms with Crippen molar-refractivity contribution >= 4 is 17.6 Å². The first-order valence-electron chi connectivity index (χ1n) is 8.55. The van der Waals surface area contributed by atoms with E-state index >= 15 is 0 Å². The van der Waals surface area contributed by atoms with Gasteiger partial charge >= 0.3 is 11.9 Å². The highest BCUT2D eigenvalue weighted by molar-refractivity contribution is 6.00. The molecule has 3 N–H and O–H groups in total. The van der Waals surface area contributed by atoms with E-state index in [1.807, 2.05) is 0 Å². The maximum atomic E-state index is 12.3. The fraction of sp³-hybridized carbons (Fsp3) is 0.368. The number of allylic oxidation sites excluding steroid dienone is 2. The molecule has 1 aliphatic rings. The zero-order valence-corrected chi connectivity index (χ0v) is 16.6. The van der Waals surface area contributed by atoms with Gasteiger partial charge in [-0.3, -0.25) is 10.1 Å². The molecule has 1 aromatic carbocycles. The van der Waals surface area contributed by atoms with E-state index in [0.29, 0.717) is 11.4 Å². The van der Waals surface area contributed by atoms with Crippen LogP contribution in [-0.2, 0) is 19.1 Å². The van der Waals surface area contributed by atoms with Crippen molar-refractivity contribution in [2.75, 3.05) is 27.4 Å². The molecule has 1 aromatic rings. The fourth-order valence-electron chi connectivity index (χ4n) is 2.96. The van der Waals surface area contributed by atoms with Gasteiger partial charge in [0.15, 0.2) is 0 Å². The lowest BCUT2D eigenvalue weighted by molar-refractivity contribution is -0.385. The third kappa shape index (κ3) is 5.39. The minimum absolute atomic E-state index is 0.125. The Kier molecular flexibility index (Phi) is 8.97. The molecule has 1 aliphatic heterocycles. The van der Waals surface area contributed by atoms with Gasteiger partial charge in [-0.1, -0.05) is 18.2 Å². The van der Waals surface area contributed by atoms with E-state index in [4.69, 9.17) is 19.7 Å². The minimum Gasteiger partial charge on any atom is -0.466 e. The Morgan fingerprint density at radius 1 is 1.03 bits per heavy atom. The predicted molar refractivity (Wildman–Crippen MR) is 103 cm³/mol. The molecular formula is C19H24N2O8. The first-order valence-corrected chi connectivity index (χ1v) is 8.55. The normalized spacial score (nSPS) is 13.9. The third-order valence-corrected chi connectivity index (χ3v) is 4.12. The molecule has 0 saturated carbocycles. The number of aliphatic hydroxyl groups is 2. The van der Waals surface area contributed by atoms with Crippen LogP contribution < -0.4 is 5.32 Å². The summed E-state index contributed by atoms with van der Waals surface area (Å²) in [5.41, 5.74) is 1.19. The maximum absolute atomic E-state index is 12.3. The van der Waals surface area contributed by atoms with Gasteiger partial charge in [0.2, 0.25) is 0 Å². The molecule has 0 amide bonds. The van der Waals surface area contributed by atoms with Crippen LogP contribution in [0, 0.1) is 10.1 Å². The number of dihydropyridines is 1. The number of rotatable bonds is 5. The quantitative estimate of drug-likeness (QED) is 0.370. The molecule has 29 heavy (non-hydrogen) atoms. The number of ether oxygens (including phenoxy) is 2. The second-order valence-electron chi connectivity index (χ2n) is 5.88. The van der Waals surface area contributed by atoms with Gasteiger partial charge in [-0.2, -0.15) is 0 Å². The molecule has 0 unspecified atom stereocenters. The van der Waals surface area contributed by atoms with Crippen molar-refractivity contribution in [1.82, 2.24) is 5.32 Å². The highest BCUT2D eigenvalue weighted by atomic mass is 16.6. The molecule has 158 valence electrons. The summed E-state index contributed by atoms with van der Waals surface area (Å²) in [5, 5.41) is 29.6. The van der Waals surface area contributed by atoms with Gasteiger partial charge in [-0.25, -0.2) is 9.59 Å². The van der Waals surface area contributed by atoms with E-state index in [1.165, 1.54) is 32.4 Å². The van der Waals surface area contributed by atoms with Crippen LogP contribution in [0.2, 0.25) is 0 Å². The molecule has 0 radical (unpaired) electrons. The lowest BCUT2D eigenvalue weighted by Crippen LogP contribution is -2.32. The molecule has 0 bridgehead atoms. The molecule has 2 rings (SSSR count). The standard InChI is InChI=1S/C17H18N2O6.C2H6O2/c1-9-13(16(20)24-3)15(14(10(2)18-9)17(21)25-4)11-7-5-6-8-12(11)19(22)23;3-1-2-4/h5-8,15,18H,1-4H3;3-4H,1-2H2. The summed E-state index contributed by atoms with van der Waals surface area (Å²) in [6.07, 6.45) is 0. The first kappa shape index (κ1) is 23.8. The number of hydrogen-bond acceptors (Lipinski definition) is 9. The van der Waals surface area contributed by atoms with Gasteiger partial charge in [0.05, 0.1) is 49.4 Å². The van der Waals surface area contributed by atoms with E-state index in [9.17, 15) is 19.7 Å². The Labute approximate surface area is 167 Å². The molecular weight excluding hydrogens is 384 g/mol. The number of nitro benzene ring substituents is 1. The van der Waals surface area contributed by atoms with Crippen LogP contribution in [0.4, 0.5) is 5.69 Å². The SMILES string of the molecule is COC(=O)C1=C(C)NC(C)=C(C(=O)OC)C1c1ccccc1[N+](=O)[O-].OCCO.